The summed E-state index contributed by atoms with van der Waals surface area (Å²) >= 11 is 5.73. The van der Waals surface area contributed by atoms with Gasteiger partial charge in [-0.25, -0.2) is 9.18 Å². The second-order valence-corrected chi connectivity index (χ2v) is 6.30. The molecule has 140 valence electrons. The highest BCUT2D eigenvalue weighted by atomic mass is 35.5. The Labute approximate surface area is 153 Å². The molecule has 0 heterocycles. The summed E-state index contributed by atoms with van der Waals surface area (Å²) in [6.07, 6.45) is -4.40. The molecule has 26 heavy (non-hydrogen) atoms. The van der Waals surface area contributed by atoms with Gasteiger partial charge >= 0.3 is 12.2 Å². The van der Waals surface area contributed by atoms with Crippen LogP contribution in [-0.2, 0) is 12.7 Å². The Morgan fingerprint density at radius 1 is 1.19 bits per heavy atom. The summed E-state index contributed by atoms with van der Waals surface area (Å²) in [5.41, 5.74) is 0.455. The lowest BCUT2D eigenvalue weighted by Crippen LogP contribution is -2.38. The van der Waals surface area contributed by atoms with Gasteiger partial charge in [-0.2, -0.15) is 13.2 Å². The number of hydrogen-bond donors (Lipinski definition) is 1. The van der Waals surface area contributed by atoms with Crippen molar-refractivity contribution >= 4 is 17.6 Å². The van der Waals surface area contributed by atoms with Crippen LogP contribution in [0.25, 0.3) is 0 Å². The summed E-state index contributed by atoms with van der Waals surface area (Å²) in [6, 6.07) is 7.93. The highest BCUT2D eigenvalue weighted by Gasteiger charge is 2.30. The molecule has 1 N–H and O–H groups in total. The zero-order valence-corrected chi connectivity index (χ0v) is 14.8. The van der Waals surface area contributed by atoms with Crippen LogP contribution in [0.3, 0.4) is 0 Å². The van der Waals surface area contributed by atoms with Gasteiger partial charge in [0.2, 0.25) is 0 Å². The average Bonchev–Trinajstić information content (AvgIpc) is 2.56. The summed E-state index contributed by atoms with van der Waals surface area (Å²) < 4.78 is 50.9. The molecule has 3 nitrogen and oxygen atoms in total. The first-order valence-electron chi connectivity index (χ1n) is 7.70. The quantitative estimate of drug-likeness (QED) is 0.699. The fourth-order valence-corrected chi connectivity index (χ4v) is 2.49. The molecule has 0 aliphatic carbocycles. The number of rotatable bonds is 4. The van der Waals surface area contributed by atoms with Crippen molar-refractivity contribution in [2.75, 3.05) is 7.05 Å². The van der Waals surface area contributed by atoms with Crippen LogP contribution in [0.2, 0.25) is 5.02 Å². The van der Waals surface area contributed by atoms with Gasteiger partial charge < -0.3 is 10.2 Å². The number of urea groups is 1. The van der Waals surface area contributed by atoms with E-state index in [0.29, 0.717) is 11.1 Å². The number of carbonyl (C=O) groups excluding carboxylic acids is 1. The largest absolute Gasteiger partial charge is 0.416 e. The van der Waals surface area contributed by atoms with E-state index in [1.54, 1.807) is 6.92 Å². The van der Waals surface area contributed by atoms with Crippen LogP contribution in [0, 0.1) is 5.82 Å². The Morgan fingerprint density at radius 3 is 2.35 bits per heavy atom. The second kappa shape index (κ2) is 7.95. The molecular formula is C18H17ClF4N2O. The third kappa shape index (κ3) is 5.11. The zero-order valence-electron chi connectivity index (χ0n) is 14.1. The Hall–Kier alpha value is -2.28. The van der Waals surface area contributed by atoms with E-state index in [0.717, 1.165) is 12.1 Å². The van der Waals surface area contributed by atoms with Crippen molar-refractivity contribution in [3.8, 4) is 0 Å². The van der Waals surface area contributed by atoms with Crippen molar-refractivity contribution in [3.05, 3.63) is 70.0 Å². The van der Waals surface area contributed by atoms with E-state index in [4.69, 9.17) is 11.6 Å². The number of carbonyl (C=O) groups is 1. The van der Waals surface area contributed by atoms with Crippen LogP contribution in [0.1, 0.15) is 29.7 Å². The first-order chi connectivity index (χ1) is 12.1. The predicted molar refractivity (Wildman–Crippen MR) is 91.3 cm³/mol. The minimum absolute atomic E-state index is 0.0401. The molecule has 2 amide bonds. The van der Waals surface area contributed by atoms with Crippen molar-refractivity contribution < 1.29 is 22.4 Å². The Kier molecular flexibility index (Phi) is 6.13. The molecule has 1 atom stereocenters. The second-order valence-electron chi connectivity index (χ2n) is 5.90. The van der Waals surface area contributed by atoms with Gasteiger partial charge in [-0.3, -0.25) is 0 Å². The average molecular weight is 389 g/mol. The van der Waals surface area contributed by atoms with Gasteiger partial charge in [0.25, 0.3) is 0 Å². The molecule has 0 radical (unpaired) electrons. The standard InChI is InChI=1S/C18H17ClF4N2O/c1-11(13-5-8-16(20)15(19)9-13)24-17(26)25(2)10-12-3-6-14(7-4-12)18(21,22)23/h3-9,11H,10H2,1-2H3,(H,24,26). The van der Waals surface area contributed by atoms with Gasteiger partial charge in [-0.15, -0.1) is 0 Å². The Balaban J connectivity index is 1.97. The van der Waals surface area contributed by atoms with Crippen molar-refractivity contribution in [1.29, 1.82) is 0 Å². The lowest BCUT2D eigenvalue weighted by molar-refractivity contribution is -0.137. The maximum atomic E-state index is 13.2. The first kappa shape index (κ1) is 20.0. The molecule has 2 aromatic carbocycles. The van der Waals surface area contributed by atoms with E-state index in [-0.39, 0.29) is 11.6 Å². The summed E-state index contributed by atoms with van der Waals surface area (Å²) in [5, 5.41) is 2.68. The van der Waals surface area contributed by atoms with Crippen LogP contribution in [0.4, 0.5) is 22.4 Å². The normalized spacial score (nSPS) is 12.6. The van der Waals surface area contributed by atoms with Gasteiger partial charge in [0, 0.05) is 13.6 Å². The van der Waals surface area contributed by atoms with Crippen molar-refractivity contribution in [3.63, 3.8) is 0 Å². The minimum Gasteiger partial charge on any atom is -0.331 e. The van der Waals surface area contributed by atoms with Crippen LogP contribution in [-0.4, -0.2) is 18.0 Å². The maximum Gasteiger partial charge on any atom is 0.416 e. The lowest BCUT2D eigenvalue weighted by atomic mass is 10.1. The molecule has 8 heteroatoms. The third-order valence-electron chi connectivity index (χ3n) is 3.83. The van der Waals surface area contributed by atoms with Gasteiger partial charge in [-0.1, -0.05) is 29.8 Å². The van der Waals surface area contributed by atoms with E-state index in [2.05, 4.69) is 5.32 Å². The van der Waals surface area contributed by atoms with Gasteiger partial charge in [0.1, 0.15) is 5.82 Å². The molecule has 0 spiro atoms. The molecule has 0 aliphatic rings. The highest BCUT2D eigenvalue weighted by Crippen LogP contribution is 2.29. The molecule has 0 aromatic heterocycles. The molecule has 0 bridgehead atoms. The SMILES string of the molecule is CC(NC(=O)N(C)Cc1ccc(C(F)(F)F)cc1)c1ccc(F)c(Cl)c1. The molecule has 2 rings (SSSR count). The third-order valence-corrected chi connectivity index (χ3v) is 4.12. The van der Waals surface area contributed by atoms with E-state index in [1.807, 2.05) is 0 Å². The van der Waals surface area contributed by atoms with Crippen LogP contribution in [0.15, 0.2) is 42.5 Å². The predicted octanol–water partition coefficient (Wildman–Crippen LogP) is 5.40. The van der Waals surface area contributed by atoms with E-state index in [1.165, 1.54) is 42.3 Å². The number of nitrogens with zero attached hydrogens (tertiary/aromatic N) is 1. The van der Waals surface area contributed by atoms with Crippen LogP contribution in [0.5, 0.6) is 0 Å². The summed E-state index contributed by atoms with van der Waals surface area (Å²) in [4.78, 5) is 13.6. The van der Waals surface area contributed by atoms with Gasteiger partial charge in [-0.05, 0) is 42.3 Å². The molecule has 0 fully saturated rings. The van der Waals surface area contributed by atoms with E-state index in [9.17, 15) is 22.4 Å². The first-order valence-corrected chi connectivity index (χ1v) is 8.08. The Bertz CT molecular complexity index is 778. The van der Waals surface area contributed by atoms with Crippen molar-refractivity contribution in [2.45, 2.75) is 25.7 Å². The highest BCUT2D eigenvalue weighted by molar-refractivity contribution is 6.30. The molecule has 1 unspecified atom stereocenters. The van der Waals surface area contributed by atoms with E-state index >= 15 is 0 Å². The lowest BCUT2D eigenvalue weighted by Gasteiger charge is -2.22. The van der Waals surface area contributed by atoms with Crippen molar-refractivity contribution in [1.82, 2.24) is 10.2 Å². The van der Waals surface area contributed by atoms with Gasteiger partial charge in [0.15, 0.2) is 0 Å². The van der Waals surface area contributed by atoms with E-state index < -0.39 is 29.6 Å². The number of amides is 2. The van der Waals surface area contributed by atoms with Crippen molar-refractivity contribution in [2.24, 2.45) is 0 Å². The summed E-state index contributed by atoms with van der Waals surface area (Å²) in [7, 11) is 1.53. The number of halogens is 5. The van der Waals surface area contributed by atoms with Crippen LogP contribution >= 0.6 is 11.6 Å². The maximum absolute atomic E-state index is 13.2. The Morgan fingerprint density at radius 2 is 1.81 bits per heavy atom. The molecule has 0 saturated carbocycles. The number of alkyl halides is 3. The zero-order chi connectivity index (χ0) is 19.5. The molecule has 0 saturated heterocycles. The van der Waals surface area contributed by atoms with Crippen LogP contribution < -0.4 is 5.32 Å². The number of benzene rings is 2. The molecule has 0 aliphatic heterocycles. The number of hydrogen-bond acceptors (Lipinski definition) is 1. The number of nitrogens with one attached hydrogen (secondary N) is 1. The summed E-state index contributed by atoms with van der Waals surface area (Å²) in [6.45, 7) is 1.86. The molecular weight excluding hydrogens is 372 g/mol. The monoisotopic (exact) mass is 388 g/mol. The van der Waals surface area contributed by atoms with Gasteiger partial charge in [0.05, 0.1) is 16.6 Å². The topological polar surface area (TPSA) is 32.3 Å². The fourth-order valence-electron chi connectivity index (χ4n) is 2.31. The molecule has 2 aromatic rings. The smallest absolute Gasteiger partial charge is 0.331 e. The minimum atomic E-state index is -4.40. The summed E-state index contributed by atoms with van der Waals surface area (Å²) in [5.74, 6) is -0.548. The fraction of sp³-hybridized carbons (Fsp3) is 0.278.